The molecule has 5 rings (SSSR count). The summed E-state index contributed by atoms with van der Waals surface area (Å²) in [7, 11) is 0. The fraction of sp³-hybridized carbons (Fsp3) is 0.545. The van der Waals surface area contributed by atoms with Crippen molar-refractivity contribution in [3.63, 3.8) is 0 Å². The average Bonchev–Trinajstić information content (AvgIpc) is 2.63. The van der Waals surface area contributed by atoms with Gasteiger partial charge in [0.2, 0.25) is 5.88 Å². The van der Waals surface area contributed by atoms with E-state index in [0.29, 0.717) is 29.8 Å². The highest BCUT2D eigenvalue weighted by atomic mass is 35.5. The predicted octanol–water partition coefficient (Wildman–Crippen LogP) is 3.85. The lowest BCUT2D eigenvalue weighted by atomic mass is 9.44. The maximum Gasteiger partial charge on any atom is 0.334 e. The summed E-state index contributed by atoms with van der Waals surface area (Å²) in [5.41, 5.74) is 0.489. The number of rotatable bonds is 4. The summed E-state index contributed by atoms with van der Waals surface area (Å²) in [4.78, 5) is 25.8. The molecule has 1 aromatic carbocycles. The Morgan fingerprint density at radius 3 is 2.46 bits per heavy atom. The van der Waals surface area contributed by atoms with Gasteiger partial charge in [-0.05, 0) is 60.1 Å². The zero-order chi connectivity index (χ0) is 20.2. The van der Waals surface area contributed by atoms with Crippen LogP contribution in [0, 0.1) is 23.2 Å². The minimum absolute atomic E-state index is 0.0980. The van der Waals surface area contributed by atoms with Crippen molar-refractivity contribution in [3.8, 4) is 5.88 Å². The summed E-state index contributed by atoms with van der Waals surface area (Å²) in [6.45, 7) is 7.06. The molecule has 0 aliphatic heterocycles. The second kappa shape index (κ2) is 6.80. The predicted molar refractivity (Wildman–Crippen MR) is 110 cm³/mol. The van der Waals surface area contributed by atoms with Crippen molar-refractivity contribution in [1.82, 2.24) is 9.13 Å². The van der Waals surface area contributed by atoms with E-state index in [4.69, 9.17) is 11.6 Å². The highest BCUT2D eigenvalue weighted by Crippen LogP contribution is 2.63. The van der Waals surface area contributed by atoms with Crippen molar-refractivity contribution in [1.29, 1.82) is 0 Å². The average molecular weight is 403 g/mol. The van der Waals surface area contributed by atoms with Gasteiger partial charge in [0.1, 0.15) is 0 Å². The minimum atomic E-state index is -0.407. The molecule has 2 aromatic rings. The largest absolute Gasteiger partial charge is 0.494 e. The Morgan fingerprint density at radius 2 is 1.86 bits per heavy atom. The summed E-state index contributed by atoms with van der Waals surface area (Å²) < 4.78 is 2.70. The van der Waals surface area contributed by atoms with Gasteiger partial charge in [-0.2, -0.15) is 0 Å². The molecule has 6 heteroatoms. The summed E-state index contributed by atoms with van der Waals surface area (Å²) in [5.74, 6) is 1.06. The van der Waals surface area contributed by atoms with Crippen LogP contribution in [0.1, 0.15) is 45.2 Å². The number of aromatic nitrogens is 2. The third-order valence-corrected chi connectivity index (χ3v) is 7.64. The minimum Gasteiger partial charge on any atom is -0.494 e. The Balaban J connectivity index is 1.64. The molecule has 5 nitrogen and oxygen atoms in total. The van der Waals surface area contributed by atoms with Gasteiger partial charge in [0, 0.05) is 17.6 Å². The fourth-order valence-corrected chi connectivity index (χ4v) is 5.58. The van der Waals surface area contributed by atoms with Crippen LogP contribution in [0.2, 0.25) is 5.02 Å². The van der Waals surface area contributed by atoms with Crippen LogP contribution >= 0.6 is 11.6 Å². The molecule has 4 atom stereocenters. The van der Waals surface area contributed by atoms with Crippen LogP contribution in [0.4, 0.5) is 0 Å². The number of benzene rings is 1. The van der Waals surface area contributed by atoms with E-state index >= 15 is 0 Å². The van der Waals surface area contributed by atoms with Crippen molar-refractivity contribution in [2.24, 2.45) is 23.2 Å². The van der Waals surface area contributed by atoms with E-state index < -0.39 is 11.2 Å². The number of aromatic hydroxyl groups is 1. The lowest BCUT2D eigenvalue weighted by Gasteiger charge is -2.62. The zero-order valence-electron chi connectivity index (χ0n) is 16.6. The Hall–Kier alpha value is -2.01. The lowest BCUT2D eigenvalue weighted by molar-refractivity contribution is -0.125. The van der Waals surface area contributed by atoms with E-state index in [1.54, 1.807) is 12.1 Å². The van der Waals surface area contributed by atoms with Gasteiger partial charge >= 0.3 is 5.69 Å². The molecule has 0 radical (unpaired) electrons. The summed E-state index contributed by atoms with van der Waals surface area (Å²) >= 11 is 5.92. The maximum atomic E-state index is 13.2. The molecule has 3 aliphatic carbocycles. The van der Waals surface area contributed by atoms with Crippen LogP contribution in [0.25, 0.3) is 0 Å². The normalized spacial score (nSPS) is 28.0. The number of hydrogen-bond acceptors (Lipinski definition) is 3. The van der Waals surface area contributed by atoms with Gasteiger partial charge < -0.3 is 5.11 Å². The molecule has 0 amide bonds. The second-order valence-electron chi connectivity index (χ2n) is 9.04. The van der Waals surface area contributed by atoms with E-state index in [2.05, 4.69) is 20.8 Å². The Morgan fingerprint density at radius 1 is 1.18 bits per heavy atom. The van der Waals surface area contributed by atoms with Gasteiger partial charge in [0.05, 0.1) is 6.07 Å². The molecule has 28 heavy (non-hydrogen) atoms. The Kier molecular flexibility index (Phi) is 4.69. The summed E-state index contributed by atoms with van der Waals surface area (Å²) in [5, 5.41) is 10.9. The van der Waals surface area contributed by atoms with E-state index in [0.717, 1.165) is 12.0 Å². The van der Waals surface area contributed by atoms with Crippen LogP contribution in [-0.4, -0.2) is 14.2 Å². The standard InChI is InChI=1S/C22H27ClN2O3/c1-13-17-10-15(22(17,2)3)11-18(13)25-20(27)12-19(26)24(21(25)28)9-8-14-4-6-16(23)7-5-14/h4-7,12-13,15,17-18,26H,8-11H2,1-3H3/t13-,15+,17-,18-/m1/s1. The molecule has 150 valence electrons. The molecule has 3 aliphatic rings. The molecule has 3 fully saturated rings. The first-order valence-corrected chi connectivity index (χ1v) is 10.4. The molecule has 1 N–H and O–H groups in total. The molecular formula is C22H27ClN2O3. The van der Waals surface area contributed by atoms with Crippen molar-refractivity contribution < 1.29 is 5.11 Å². The third kappa shape index (κ3) is 3.00. The van der Waals surface area contributed by atoms with Crippen LogP contribution < -0.4 is 11.2 Å². The highest BCUT2D eigenvalue weighted by Gasteiger charge is 2.57. The first kappa shape index (κ1) is 19.3. The lowest BCUT2D eigenvalue weighted by Crippen LogP contribution is -2.58. The SMILES string of the molecule is C[C@H]1[C@H](n2c(=O)cc(O)n(CCc3ccc(Cl)cc3)c2=O)C[C@@H]2C[C@H]1C2(C)C. The molecule has 2 bridgehead atoms. The molecular weight excluding hydrogens is 376 g/mol. The van der Waals surface area contributed by atoms with Crippen LogP contribution in [0.3, 0.4) is 0 Å². The Labute approximate surface area is 169 Å². The van der Waals surface area contributed by atoms with E-state index in [1.807, 2.05) is 12.1 Å². The fourth-order valence-electron chi connectivity index (χ4n) is 5.45. The molecule has 1 heterocycles. The van der Waals surface area contributed by atoms with E-state index in [1.165, 1.54) is 21.6 Å². The van der Waals surface area contributed by atoms with Gasteiger partial charge in [-0.3, -0.25) is 13.9 Å². The number of nitrogens with zero attached hydrogens (tertiary/aromatic N) is 2. The number of hydrogen-bond donors (Lipinski definition) is 1. The Bertz CT molecular complexity index is 1010. The zero-order valence-corrected chi connectivity index (χ0v) is 17.3. The van der Waals surface area contributed by atoms with Gasteiger partial charge in [0.15, 0.2) is 0 Å². The quantitative estimate of drug-likeness (QED) is 0.844. The molecule has 0 spiro atoms. The van der Waals surface area contributed by atoms with Crippen molar-refractivity contribution in [2.75, 3.05) is 0 Å². The summed E-state index contributed by atoms with van der Waals surface area (Å²) in [6.07, 6.45) is 2.60. The highest BCUT2D eigenvalue weighted by molar-refractivity contribution is 6.30. The van der Waals surface area contributed by atoms with Gasteiger partial charge in [-0.1, -0.05) is 44.5 Å². The van der Waals surface area contributed by atoms with Gasteiger partial charge in [-0.15, -0.1) is 0 Å². The monoisotopic (exact) mass is 402 g/mol. The van der Waals surface area contributed by atoms with E-state index in [-0.39, 0.29) is 23.3 Å². The topological polar surface area (TPSA) is 64.2 Å². The van der Waals surface area contributed by atoms with Crippen molar-refractivity contribution in [2.45, 2.75) is 52.6 Å². The molecule has 0 saturated heterocycles. The van der Waals surface area contributed by atoms with Crippen LogP contribution in [-0.2, 0) is 13.0 Å². The third-order valence-electron chi connectivity index (χ3n) is 7.39. The second-order valence-corrected chi connectivity index (χ2v) is 9.48. The molecule has 0 unspecified atom stereocenters. The van der Waals surface area contributed by atoms with Crippen molar-refractivity contribution >= 4 is 11.6 Å². The van der Waals surface area contributed by atoms with Crippen molar-refractivity contribution in [3.05, 3.63) is 61.8 Å². The molecule has 1 aromatic heterocycles. The smallest absolute Gasteiger partial charge is 0.334 e. The first-order valence-electron chi connectivity index (χ1n) is 10.00. The number of aryl methyl sites for hydroxylation is 1. The first-order chi connectivity index (χ1) is 13.2. The van der Waals surface area contributed by atoms with Gasteiger partial charge in [0.25, 0.3) is 5.56 Å². The van der Waals surface area contributed by atoms with Crippen LogP contribution in [0.5, 0.6) is 5.88 Å². The molecule has 3 saturated carbocycles. The van der Waals surface area contributed by atoms with Gasteiger partial charge in [-0.25, -0.2) is 4.79 Å². The number of halogens is 1. The number of fused-ring (bicyclic) bond motifs is 2. The van der Waals surface area contributed by atoms with E-state index in [9.17, 15) is 14.7 Å². The summed E-state index contributed by atoms with van der Waals surface area (Å²) in [6, 6.07) is 8.50. The maximum absolute atomic E-state index is 13.2. The van der Waals surface area contributed by atoms with Crippen LogP contribution in [0.15, 0.2) is 39.9 Å².